The van der Waals surface area contributed by atoms with Gasteiger partial charge in [0.25, 0.3) is 5.91 Å². The highest BCUT2D eigenvalue weighted by atomic mass is 16.2. The second-order valence-corrected chi connectivity index (χ2v) is 5.88. The molecular formula is C15H22N4O2. The lowest BCUT2D eigenvalue weighted by atomic mass is 9.96. The fraction of sp³-hybridized carbons (Fsp3) is 0.467. The van der Waals surface area contributed by atoms with Crippen LogP contribution in [0.4, 0.5) is 0 Å². The standard InChI is InChI=1S/C15H22N4O2/c1-15(2)14(21)18(3)8-9-19(15)10-11-4-6-12(7-5-11)13(20)17-16/h4-7H,8-10,16H2,1-3H3,(H,17,20). The Morgan fingerprint density at radius 2 is 1.90 bits per heavy atom. The molecule has 0 aromatic heterocycles. The van der Waals surface area contributed by atoms with Crippen molar-refractivity contribution in [2.75, 3.05) is 20.1 Å². The van der Waals surface area contributed by atoms with Gasteiger partial charge in [-0.2, -0.15) is 0 Å². The largest absolute Gasteiger partial charge is 0.343 e. The highest BCUT2D eigenvalue weighted by molar-refractivity contribution is 5.93. The number of nitrogens with one attached hydrogen (secondary N) is 1. The molecule has 1 saturated heterocycles. The number of carbonyl (C=O) groups excluding carboxylic acids is 2. The molecule has 1 aromatic rings. The average Bonchev–Trinajstić information content (AvgIpc) is 2.48. The molecule has 0 bridgehead atoms. The molecule has 2 rings (SSSR count). The molecule has 21 heavy (non-hydrogen) atoms. The van der Waals surface area contributed by atoms with Gasteiger partial charge in [-0.1, -0.05) is 12.1 Å². The molecule has 1 aliphatic heterocycles. The molecule has 114 valence electrons. The number of likely N-dealkylation sites (N-methyl/N-ethyl adjacent to an activating group) is 1. The molecule has 3 N–H and O–H groups in total. The minimum Gasteiger partial charge on any atom is -0.343 e. The number of nitrogens with two attached hydrogens (primary N) is 1. The summed E-state index contributed by atoms with van der Waals surface area (Å²) in [6.07, 6.45) is 0. The molecule has 0 unspecified atom stereocenters. The van der Waals surface area contributed by atoms with E-state index in [-0.39, 0.29) is 11.8 Å². The predicted octanol–water partition coefficient (Wildman–Crippen LogP) is 0.343. The average molecular weight is 290 g/mol. The zero-order chi connectivity index (χ0) is 15.6. The summed E-state index contributed by atoms with van der Waals surface area (Å²) in [4.78, 5) is 27.6. The number of hydrogen-bond donors (Lipinski definition) is 2. The van der Waals surface area contributed by atoms with Crippen LogP contribution in [0.5, 0.6) is 0 Å². The van der Waals surface area contributed by atoms with Crippen molar-refractivity contribution in [1.82, 2.24) is 15.2 Å². The van der Waals surface area contributed by atoms with E-state index >= 15 is 0 Å². The third-order valence-corrected chi connectivity index (χ3v) is 4.09. The third-order valence-electron chi connectivity index (χ3n) is 4.09. The van der Waals surface area contributed by atoms with Gasteiger partial charge in [-0.05, 0) is 31.5 Å². The minimum atomic E-state index is -0.514. The van der Waals surface area contributed by atoms with Crippen molar-refractivity contribution in [3.05, 3.63) is 35.4 Å². The maximum Gasteiger partial charge on any atom is 0.265 e. The summed E-state index contributed by atoms with van der Waals surface area (Å²) in [5.74, 6) is 4.93. The molecule has 6 nitrogen and oxygen atoms in total. The molecule has 0 aliphatic carbocycles. The normalized spacial score (nSPS) is 18.7. The van der Waals surface area contributed by atoms with Gasteiger partial charge in [-0.3, -0.25) is 19.9 Å². The summed E-state index contributed by atoms with van der Waals surface area (Å²) in [5.41, 5.74) is 3.18. The van der Waals surface area contributed by atoms with Crippen molar-refractivity contribution in [3.63, 3.8) is 0 Å². The number of hydrazine groups is 1. The Kier molecular flexibility index (Phi) is 4.29. The zero-order valence-corrected chi connectivity index (χ0v) is 12.7. The lowest BCUT2D eigenvalue weighted by Crippen LogP contribution is -2.61. The monoisotopic (exact) mass is 290 g/mol. The second kappa shape index (κ2) is 5.83. The Morgan fingerprint density at radius 1 is 1.29 bits per heavy atom. The lowest BCUT2D eigenvalue weighted by Gasteiger charge is -2.44. The summed E-state index contributed by atoms with van der Waals surface area (Å²) >= 11 is 0. The quantitative estimate of drug-likeness (QED) is 0.478. The molecule has 0 atom stereocenters. The van der Waals surface area contributed by atoms with Crippen LogP contribution in [0.2, 0.25) is 0 Å². The predicted molar refractivity (Wildman–Crippen MR) is 80.2 cm³/mol. The SMILES string of the molecule is CN1CCN(Cc2ccc(C(=O)NN)cc2)C(C)(C)C1=O. The third kappa shape index (κ3) is 3.06. The lowest BCUT2D eigenvalue weighted by molar-refractivity contribution is -0.147. The van der Waals surface area contributed by atoms with E-state index in [1.165, 1.54) is 0 Å². The fourth-order valence-corrected chi connectivity index (χ4v) is 2.60. The summed E-state index contributed by atoms with van der Waals surface area (Å²) in [7, 11) is 1.83. The second-order valence-electron chi connectivity index (χ2n) is 5.88. The summed E-state index contributed by atoms with van der Waals surface area (Å²) in [5, 5.41) is 0. The van der Waals surface area contributed by atoms with Crippen molar-refractivity contribution in [2.24, 2.45) is 5.84 Å². The maximum absolute atomic E-state index is 12.2. The van der Waals surface area contributed by atoms with Crippen LogP contribution in [0.3, 0.4) is 0 Å². The van der Waals surface area contributed by atoms with Crippen molar-refractivity contribution < 1.29 is 9.59 Å². The van der Waals surface area contributed by atoms with E-state index in [0.717, 1.165) is 18.7 Å². The van der Waals surface area contributed by atoms with Gasteiger partial charge in [0.2, 0.25) is 5.91 Å². The first kappa shape index (κ1) is 15.5. The topological polar surface area (TPSA) is 78.7 Å². The Morgan fingerprint density at radius 3 is 2.48 bits per heavy atom. The number of nitrogen functional groups attached to an aromatic ring is 1. The van der Waals surface area contributed by atoms with Crippen LogP contribution >= 0.6 is 0 Å². The number of nitrogens with zero attached hydrogens (tertiary/aromatic N) is 2. The number of amides is 2. The van der Waals surface area contributed by atoms with Crippen LogP contribution < -0.4 is 11.3 Å². The minimum absolute atomic E-state index is 0.132. The Bertz CT molecular complexity index is 539. The number of carbonyl (C=O) groups is 2. The van der Waals surface area contributed by atoms with Crippen LogP contribution in [0.25, 0.3) is 0 Å². The molecule has 1 aromatic carbocycles. The molecule has 1 fully saturated rings. The van der Waals surface area contributed by atoms with Gasteiger partial charge < -0.3 is 4.90 Å². The van der Waals surface area contributed by atoms with Crippen LogP contribution in [0.1, 0.15) is 29.8 Å². The Labute approximate surface area is 124 Å². The van der Waals surface area contributed by atoms with Crippen LogP contribution in [-0.4, -0.2) is 47.3 Å². The van der Waals surface area contributed by atoms with Crippen LogP contribution in [0.15, 0.2) is 24.3 Å². The maximum atomic E-state index is 12.2. The summed E-state index contributed by atoms with van der Waals surface area (Å²) in [6, 6.07) is 7.26. The highest BCUT2D eigenvalue weighted by Gasteiger charge is 2.40. The first-order valence-electron chi connectivity index (χ1n) is 6.96. The Hall–Kier alpha value is -1.92. The molecular weight excluding hydrogens is 268 g/mol. The van der Waals surface area contributed by atoms with Crippen molar-refractivity contribution in [3.8, 4) is 0 Å². The molecule has 0 radical (unpaired) electrons. The van der Waals surface area contributed by atoms with Gasteiger partial charge in [-0.15, -0.1) is 0 Å². The summed E-state index contributed by atoms with van der Waals surface area (Å²) in [6.45, 7) is 6.13. The van der Waals surface area contributed by atoms with Gasteiger partial charge in [0.05, 0.1) is 5.54 Å². The molecule has 1 aliphatic rings. The highest BCUT2D eigenvalue weighted by Crippen LogP contribution is 2.23. The van der Waals surface area contributed by atoms with Gasteiger partial charge >= 0.3 is 0 Å². The summed E-state index contributed by atoms with van der Waals surface area (Å²) < 4.78 is 0. The number of rotatable bonds is 3. The molecule has 0 saturated carbocycles. The van der Waals surface area contributed by atoms with E-state index in [9.17, 15) is 9.59 Å². The van der Waals surface area contributed by atoms with Gasteiger partial charge in [0.1, 0.15) is 0 Å². The van der Waals surface area contributed by atoms with Crippen LogP contribution in [-0.2, 0) is 11.3 Å². The van der Waals surface area contributed by atoms with E-state index < -0.39 is 5.54 Å². The van der Waals surface area contributed by atoms with E-state index in [1.807, 2.05) is 33.0 Å². The number of benzene rings is 1. The smallest absolute Gasteiger partial charge is 0.265 e. The molecule has 6 heteroatoms. The van der Waals surface area contributed by atoms with E-state index in [4.69, 9.17) is 5.84 Å². The molecule has 0 spiro atoms. The van der Waals surface area contributed by atoms with Gasteiger partial charge in [-0.25, -0.2) is 5.84 Å². The van der Waals surface area contributed by atoms with Gasteiger partial charge in [0, 0.05) is 32.2 Å². The Balaban J connectivity index is 2.11. The fourth-order valence-electron chi connectivity index (χ4n) is 2.60. The van der Waals surface area contributed by atoms with Gasteiger partial charge in [0.15, 0.2) is 0 Å². The first-order valence-corrected chi connectivity index (χ1v) is 6.96. The van der Waals surface area contributed by atoms with E-state index in [1.54, 1.807) is 17.0 Å². The number of hydrogen-bond acceptors (Lipinski definition) is 4. The molecule has 2 amide bonds. The van der Waals surface area contributed by atoms with E-state index in [2.05, 4.69) is 10.3 Å². The van der Waals surface area contributed by atoms with Crippen molar-refractivity contribution in [1.29, 1.82) is 0 Å². The van der Waals surface area contributed by atoms with E-state index in [0.29, 0.717) is 12.1 Å². The first-order chi connectivity index (χ1) is 9.86. The molecule has 1 heterocycles. The van der Waals surface area contributed by atoms with Crippen molar-refractivity contribution >= 4 is 11.8 Å². The van der Waals surface area contributed by atoms with Crippen LogP contribution in [0, 0.1) is 0 Å². The zero-order valence-electron chi connectivity index (χ0n) is 12.7. The van der Waals surface area contributed by atoms with Crippen molar-refractivity contribution in [2.45, 2.75) is 25.9 Å². The number of piperazine rings is 1.